The number of urea groups is 1. The number of alkyl halides is 3. The summed E-state index contributed by atoms with van der Waals surface area (Å²) < 4.78 is 56.5. The van der Waals surface area contributed by atoms with Gasteiger partial charge in [-0.15, -0.1) is 24.5 Å². The second-order valence-electron chi connectivity index (χ2n) is 17.9. The number of hydrogen-bond acceptors (Lipinski definition) is 11. The Bertz CT molecular complexity index is 2380. The zero-order valence-electron chi connectivity index (χ0n) is 37.5. The highest BCUT2D eigenvalue weighted by Crippen LogP contribution is 2.42. The van der Waals surface area contributed by atoms with Gasteiger partial charge in [0.1, 0.15) is 24.2 Å². The summed E-state index contributed by atoms with van der Waals surface area (Å²) in [6.07, 6.45) is -3.11. The summed E-state index contributed by atoms with van der Waals surface area (Å²) in [6, 6.07) is 6.46. The van der Waals surface area contributed by atoms with E-state index in [1.807, 2.05) is 24.4 Å². The first-order chi connectivity index (χ1) is 30.3. The predicted octanol–water partition coefficient (Wildman–Crippen LogP) is 6.50. The lowest BCUT2D eigenvalue weighted by atomic mass is 9.84. The lowest BCUT2D eigenvalue weighted by Gasteiger charge is -2.43. The number of rotatable bonds is 9. The number of esters is 1. The van der Waals surface area contributed by atoms with E-state index in [4.69, 9.17) is 19.4 Å². The van der Waals surface area contributed by atoms with E-state index in [2.05, 4.69) is 59.0 Å². The number of halogens is 3. The summed E-state index contributed by atoms with van der Waals surface area (Å²) in [7, 11) is 3.07. The fourth-order valence-corrected chi connectivity index (χ4v) is 9.80. The zero-order valence-corrected chi connectivity index (χ0v) is 38.3. The van der Waals surface area contributed by atoms with Crippen molar-refractivity contribution in [3.63, 3.8) is 0 Å². The Hall–Kier alpha value is -5.11. The van der Waals surface area contributed by atoms with Crippen molar-refractivity contribution in [3.05, 3.63) is 58.2 Å². The summed E-state index contributed by atoms with van der Waals surface area (Å²) >= 11 is 1.34. The molecule has 3 aliphatic rings. The molecule has 0 radical (unpaired) electrons. The SMILES string of the molecule is CCn1c(-c2cccnc2[C@H](C)OC)c2c3cc(ccc31)-c1csc(n1)C[C@H](NC(=O)C(C(C)C)N(C)C(=O)N1CC(OC(F)(F)F)C1)C(=O)N1CCC[C@H](N1)C(=O)OCC(C)(C)C2. The number of hydrazine groups is 1. The van der Waals surface area contributed by atoms with E-state index in [9.17, 15) is 32.3 Å². The normalized spacial score (nSPS) is 20.7. The Morgan fingerprint density at radius 2 is 1.91 bits per heavy atom. The quantitative estimate of drug-likeness (QED) is 0.178. The molecule has 7 rings (SSSR count). The third-order valence-electron chi connectivity index (χ3n) is 12.2. The van der Waals surface area contributed by atoms with Crippen LogP contribution in [-0.2, 0) is 48.0 Å². The summed E-state index contributed by atoms with van der Waals surface area (Å²) in [5.74, 6) is -2.10. The van der Waals surface area contributed by atoms with Crippen LogP contribution in [0.5, 0.6) is 0 Å². The molecule has 3 aromatic heterocycles. The molecule has 15 nitrogen and oxygen atoms in total. The van der Waals surface area contributed by atoms with Crippen LogP contribution in [0.2, 0.25) is 0 Å². The number of carbonyl (C=O) groups is 4. The Kier molecular flexibility index (Phi) is 13.8. The highest BCUT2D eigenvalue weighted by molar-refractivity contribution is 7.10. The van der Waals surface area contributed by atoms with Crippen molar-refractivity contribution in [1.82, 2.24) is 40.1 Å². The molecule has 0 aliphatic carbocycles. The third-order valence-corrected chi connectivity index (χ3v) is 13.1. The fourth-order valence-electron chi connectivity index (χ4n) is 8.95. The molecular weight excluding hydrogens is 854 g/mol. The lowest BCUT2D eigenvalue weighted by Crippen LogP contribution is -2.64. The molecule has 3 aliphatic heterocycles. The van der Waals surface area contributed by atoms with E-state index >= 15 is 0 Å². The van der Waals surface area contributed by atoms with Crippen LogP contribution in [0, 0.1) is 11.3 Å². The van der Waals surface area contributed by atoms with Gasteiger partial charge in [0.2, 0.25) is 5.91 Å². The first kappa shape index (κ1) is 46.9. The van der Waals surface area contributed by atoms with Crippen LogP contribution in [0.3, 0.4) is 0 Å². The number of carbonyl (C=O) groups excluding carboxylic acids is 4. The number of likely N-dealkylation sites (tertiary alicyclic amines) is 1. The monoisotopic (exact) mass is 910 g/mol. The molecule has 4 amide bonds. The van der Waals surface area contributed by atoms with Crippen LogP contribution in [-0.4, -0.2) is 124 Å². The van der Waals surface area contributed by atoms with Crippen molar-refractivity contribution in [2.45, 2.75) is 110 Å². The standard InChI is InChI=1S/C45H57F3N8O7S/c1-9-55-35-15-14-27-18-30(35)31(39(55)29-12-10-16-49-37(29)26(4)61-8)20-44(5,6)24-62-42(59)32-13-11-17-56(52-32)41(58)33(19-36-50-34(27)23-64-36)51-40(57)38(25(2)3)53(7)43(60)54-21-28(22-54)63-45(46,47)48/h10,12,14-16,18,23,25-26,28,32-33,38,52H,9,11,13,17,19-22,24H2,1-8H3,(H,51,57)/t26-,32-,33-,38?/m0/s1. The van der Waals surface area contributed by atoms with Crippen molar-refractivity contribution in [2.75, 3.05) is 40.4 Å². The number of fused-ring (bicyclic) bond motifs is 6. The maximum Gasteiger partial charge on any atom is 0.522 e. The van der Waals surface area contributed by atoms with Crippen molar-refractivity contribution in [1.29, 1.82) is 0 Å². The van der Waals surface area contributed by atoms with Gasteiger partial charge in [0, 0.05) is 72.7 Å². The number of hydrogen-bond donors (Lipinski definition) is 2. The van der Waals surface area contributed by atoms with Crippen molar-refractivity contribution >= 4 is 46.1 Å². The van der Waals surface area contributed by atoms with Gasteiger partial charge >= 0.3 is 18.4 Å². The Morgan fingerprint density at radius 1 is 1.16 bits per heavy atom. The van der Waals surface area contributed by atoms with Gasteiger partial charge < -0.3 is 29.2 Å². The topological polar surface area (TPSA) is 160 Å². The molecular formula is C45H57F3N8O7S. The van der Waals surface area contributed by atoms with Gasteiger partial charge in [-0.05, 0) is 68.9 Å². The smallest absolute Gasteiger partial charge is 0.464 e. The number of aromatic nitrogens is 3. The number of ether oxygens (including phenoxy) is 3. The van der Waals surface area contributed by atoms with Crippen LogP contribution in [0.15, 0.2) is 41.9 Å². The number of thiazole rings is 1. The summed E-state index contributed by atoms with van der Waals surface area (Å²) in [5.41, 5.74) is 8.90. The molecule has 4 atom stereocenters. The molecule has 4 aromatic rings. The molecule has 6 heterocycles. The van der Waals surface area contributed by atoms with Crippen LogP contribution < -0.4 is 10.7 Å². The van der Waals surface area contributed by atoms with Crippen molar-refractivity contribution in [3.8, 4) is 22.5 Å². The van der Waals surface area contributed by atoms with Crippen LogP contribution in [0.4, 0.5) is 18.0 Å². The van der Waals surface area contributed by atoms with E-state index in [1.54, 1.807) is 27.2 Å². The highest BCUT2D eigenvalue weighted by Gasteiger charge is 2.44. The first-order valence-electron chi connectivity index (χ1n) is 21.7. The molecule has 1 unspecified atom stereocenters. The summed E-state index contributed by atoms with van der Waals surface area (Å²) in [5, 5.41) is 7.72. The molecule has 2 N–H and O–H groups in total. The van der Waals surface area contributed by atoms with Gasteiger partial charge in [-0.1, -0.05) is 33.8 Å². The average Bonchev–Trinajstić information content (AvgIpc) is 3.83. The highest BCUT2D eigenvalue weighted by atomic mass is 32.1. The largest absolute Gasteiger partial charge is 0.522 e. The Labute approximate surface area is 374 Å². The molecule has 64 heavy (non-hydrogen) atoms. The number of benzene rings is 1. The number of nitrogens with one attached hydrogen (secondary N) is 2. The average molecular weight is 911 g/mol. The third kappa shape index (κ3) is 9.91. The molecule has 346 valence electrons. The van der Waals surface area contributed by atoms with Gasteiger partial charge in [-0.25, -0.2) is 15.2 Å². The molecule has 19 heteroatoms. The number of methoxy groups -OCH3 is 1. The minimum absolute atomic E-state index is 0.00684. The van der Waals surface area contributed by atoms with E-state index < -0.39 is 65.7 Å². The number of aryl methyl sites for hydroxylation is 1. The van der Waals surface area contributed by atoms with Gasteiger partial charge in [0.15, 0.2) is 0 Å². The van der Waals surface area contributed by atoms with Gasteiger partial charge in [-0.2, -0.15) is 0 Å². The Balaban J connectivity index is 1.25. The van der Waals surface area contributed by atoms with Crippen LogP contribution in [0.25, 0.3) is 33.4 Å². The maximum atomic E-state index is 14.5. The fraction of sp³-hybridized carbons (Fsp3) is 0.556. The lowest BCUT2D eigenvalue weighted by molar-refractivity contribution is -0.352. The van der Waals surface area contributed by atoms with Crippen molar-refractivity contribution < 1.29 is 46.6 Å². The van der Waals surface area contributed by atoms with Gasteiger partial charge in [-0.3, -0.25) is 29.1 Å². The number of likely N-dealkylation sites (N-methyl/N-ethyl adjacent to an activating group) is 1. The molecule has 2 saturated heterocycles. The van der Waals surface area contributed by atoms with E-state index in [0.29, 0.717) is 36.5 Å². The molecule has 2 fully saturated rings. The first-order valence-corrected chi connectivity index (χ1v) is 22.6. The van der Waals surface area contributed by atoms with E-state index in [-0.39, 0.29) is 38.8 Å². The number of amides is 4. The Morgan fingerprint density at radius 3 is 2.59 bits per heavy atom. The minimum Gasteiger partial charge on any atom is -0.464 e. The molecule has 0 spiro atoms. The van der Waals surface area contributed by atoms with Crippen molar-refractivity contribution in [2.24, 2.45) is 11.3 Å². The van der Waals surface area contributed by atoms with Crippen LogP contribution >= 0.6 is 11.3 Å². The number of nitrogens with zero attached hydrogens (tertiary/aromatic N) is 6. The molecule has 0 saturated carbocycles. The second-order valence-corrected chi connectivity index (χ2v) is 18.9. The minimum atomic E-state index is -4.84. The van der Waals surface area contributed by atoms with Gasteiger partial charge in [0.05, 0.1) is 47.9 Å². The summed E-state index contributed by atoms with van der Waals surface area (Å²) in [4.78, 5) is 68.1. The van der Waals surface area contributed by atoms with Crippen LogP contribution in [0.1, 0.15) is 76.8 Å². The second kappa shape index (κ2) is 18.8. The zero-order chi connectivity index (χ0) is 46.2. The van der Waals surface area contributed by atoms with Gasteiger partial charge in [0.25, 0.3) is 5.91 Å². The molecule has 6 bridgehead atoms. The van der Waals surface area contributed by atoms with E-state index in [1.165, 1.54) is 33.2 Å². The van der Waals surface area contributed by atoms with E-state index in [0.717, 1.165) is 39.0 Å². The number of pyridine rings is 1. The predicted molar refractivity (Wildman–Crippen MR) is 234 cm³/mol. The summed E-state index contributed by atoms with van der Waals surface area (Å²) in [6.45, 7) is 12.1. The number of cyclic esters (lactones) is 1. The molecule has 1 aromatic carbocycles. The maximum absolute atomic E-state index is 14.5.